The fraction of sp³-hybridized carbons (Fsp3) is 0.0769. The number of halogens is 2. The Morgan fingerprint density at radius 1 is 0.970 bits per heavy atom. The van der Waals surface area contributed by atoms with E-state index in [0.29, 0.717) is 5.56 Å². The zero-order chi connectivity index (χ0) is 23.4. The predicted octanol–water partition coefficient (Wildman–Crippen LogP) is 5.16. The minimum Gasteiger partial charge on any atom is -0.867 e. The number of alkyl halides is 2. The van der Waals surface area contributed by atoms with Crippen molar-refractivity contribution in [3.8, 4) is 5.75 Å². The van der Waals surface area contributed by atoms with Crippen LogP contribution in [0.5, 0.6) is 5.75 Å². The molecule has 0 bridgehead atoms. The Hall–Kier alpha value is -3.84. The van der Waals surface area contributed by atoms with Gasteiger partial charge >= 0.3 is 6.61 Å². The van der Waals surface area contributed by atoms with Crippen LogP contribution < -0.4 is 19.7 Å². The van der Waals surface area contributed by atoms with Gasteiger partial charge < -0.3 is 15.2 Å². The Labute approximate surface area is 195 Å². The summed E-state index contributed by atoms with van der Waals surface area (Å²) in [5.41, 5.74) is 2.25. The van der Waals surface area contributed by atoms with E-state index in [9.17, 15) is 13.9 Å². The Balaban J connectivity index is 1.77. The van der Waals surface area contributed by atoms with E-state index in [4.69, 9.17) is 12.2 Å². The molecule has 0 fully saturated rings. The molecule has 0 unspecified atom stereocenters. The quantitative estimate of drug-likeness (QED) is 0.186. The molecule has 1 aromatic heterocycles. The van der Waals surface area contributed by atoms with Crippen LogP contribution in [0.3, 0.4) is 0 Å². The number of benzene rings is 3. The molecule has 0 spiro atoms. The van der Waals surface area contributed by atoms with Gasteiger partial charge in [0.25, 0.3) is 0 Å². The lowest BCUT2D eigenvalue weighted by atomic mass is 10.1. The smallest absolute Gasteiger partial charge is 0.387 e. The third-order valence-corrected chi connectivity index (χ3v) is 5.31. The van der Waals surface area contributed by atoms with Crippen LogP contribution in [0.2, 0.25) is 0 Å². The summed E-state index contributed by atoms with van der Waals surface area (Å²) in [6.07, 6.45) is 3.55. The number of hydrogen-bond donors (Lipinski definition) is 1. The number of pyridine rings is 1. The third kappa shape index (κ3) is 5.15. The number of aromatic nitrogens is 1. The molecule has 0 aliphatic carbocycles. The van der Waals surface area contributed by atoms with Gasteiger partial charge in [-0.25, -0.2) is 0 Å². The first kappa shape index (κ1) is 22.4. The maximum Gasteiger partial charge on any atom is 0.387 e. The third-order valence-electron chi connectivity index (χ3n) is 5.02. The molecule has 0 amide bonds. The van der Waals surface area contributed by atoms with Gasteiger partial charge in [-0.2, -0.15) is 13.3 Å². The normalized spacial score (nSPS) is 11.9. The second kappa shape index (κ2) is 9.75. The van der Waals surface area contributed by atoms with Gasteiger partial charge in [0.05, 0.1) is 0 Å². The lowest BCUT2D eigenvalue weighted by Crippen LogP contribution is -2.40. The Bertz CT molecular complexity index is 1330. The number of aryl methyl sites for hydroxylation is 1. The van der Waals surface area contributed by atoms with Crippen LogP contribution >= 0.6 is 12.2 Å². The second-order valence-electron chi connectivity index (χ2n) is 7.35. The van der Waals surface area contributed by atoms with Crippen LogP contribution in [0.25, 0.3) is 22.2 Å². The van der Waals surface area contributed by atoms with Crippen molar-refractivity contribution in [1.29, 1.82) is 0 Å². The topological polar surface area (TPSA) is 48.2 Å². The van der Waals surface area contributed by atoms with Crippen molar-refractivity contribution in [2.75, 3.05) is 5.32 Å². The van der Waals surface area contributed by atoms with E-state index in [1.165, 1.54) is 24.3 Å². The van der Waals surface area contributed by atoms with Crippen LogP contribution in [-0.2, 0) is 0 Å². The van der Waals surface area contributed by atoms with Crippen LogP contribution in [0.1, 0.15) is 11.1 Å². The van der Waals surface area contributed by atoms with E-state index in [1.54, 1.807) is 17.0 Å². The number of nitrogens with zero attached hydrogens (tertiary/aromatic N) is 1. The molecule has 7 heteroatoms. The highest BCUT2D eigenvalue weighted by Gasteiger charge is 2.20. The van der Waals surface area contributed by atoms with Crippen molar-refractivity contribution < 1.29 is 23.2 Å². The molecular formula is C26H20F2N2O2S. The van der Waals surface area contributed by atoms with Crippen molar-refractivity contribution in [2.45, 2.75) is 13.5 Å². The maximum absolute atomic E-state index is 13.5. The second-order valence-corrected chi connectivity index (χ2v) is 7.76. The molecule has 0 saturated carbocycles. The zero-order valence-electron chi connectivity index (χ0n) is 17.7. The molecular weight excluding hydrogens is 442 g/mol. The number of nitrogens with one attached hydrogen (secondary N) is 1. The summed E-state index contributed by atoms with van der Waals surface area (Å²) >= 11 is 5.69. The average Bonchev–Trinajstić information content (AvgIpc) is 2.79. The monoisotopic (exact) mass is 462 g/mol. The molecule has 0 aliphatic rings. The minimum atomic E-state index is -2.94. The fourth-order valence-corrected chi connectivity index (χ4v) is 3.82. The van der Waals surface area contributed by atoms with Gasteiger partial charge in [0, 0.05) is 22.7 Å². The number of anilines is 1. The van der Waals surface area contributed by atoms with Gasteiger partial charge in [-0.1, -0.05) is 60.7 Å². The van der Waals surface area contributed by atoms with Crippen molar-refractivity contribution in [3.63, 3.8) is 0 Å². The summed E-state index contributed by atoms with van der Waals surface area (Å²) in [6, 6.07) is 23.0. The zero-order valence-corrected chi connectivity index (χ0v) is 18.5. The maximum atomic E-state index is 13.5. The summed E-state index contributed by atoms with van der Waals surface area (Å²) in [5.74, 6) is -0.380. The van der Waals surface area contributed by atoms with Gasteiger partial charge in [0.1, 0.15) is 5.75 Å². The molecule has 0 aliphatic heterocycles. The van der Waals surface area contributed by atoms with E-state index in [1.807, 2.05) is 61.5 Å². The van der Waals surface area contributed by atoms with E-state index >= 15 is 0 Å². The Morgan fingerprint density at radius 3 is 2.42 bits per heavy atom. The van der Waals surface area contributed by atoms with Crippen LogP contribution in [-0.4, -0.2) is 11.6 Å². The molecule has 0 radical (unpaired) electrons. The highest BCUT2D eigenvalue weighted by molar-refractivity contribution is 7.81. The Kier molecular flexibility index (Phi) is 6.60. The average molecular weight is 463 g/mol. The van der Waals surface area contributed by atoms with Crippen LogP contribution in [0.4, 0.5) is 14.5 Å². The van der Waals surface area contributed by atoms with Crippen LogP contribution in [0, 0.1) is 6.92 Å². The van der Waals surface area contributed by atoms with E-state index < -0.39 is 6.61 Å². The standard InChI is InChI=1S/C26H20F2N2O2S/c1-17-6-5-15-30(16-17)23(24(31)19-11-13-20(14-12-19)32-26(27)28)25(33)29-22-10-4-8-18-7-2-3-9-21(18)22/h2-16,26H,1H3,(H-,29,31,33). The lowest BCUT2D eigenvalue weighted by molar-refractivity contribution is -0.578. The minimum absolute atomic E-state index is 0.0252. The summed E-state index contributed by atoms with van der Waals surface area (Å²) in [7, 11) is 0. The molecule has 4 rings (SSSR count). The fourth-order valence-electron chi connectivity index (χ4n) is 3.51. The van der Waals surface area contributed by atoms with E-state index in [0.717, 1.165) is 22.0 Å². The molecule has 0 saturated heterocycles. The summed E-state index contributed by atoms with van der Waals surface area (Å²) in [6.45, 7) is -1.02. The summed E-state index contributed by atoms with van der Waals surface area (Å²) in [4.78, 5) is 0.236. The molecule has 3 aromatic carbocycles. The van der Waals surface area contributed by atoms with Crippen molar-refractivity contribution in [3.05, 3.63) is 102 Å². The SMILES string of the molecule is Cc1ccc[n+](C(C(=S)Nc2cccc3ccccc23)=C([O-])c2ccc(OC(F)F)cc2)c1. The first-order valence-corrected chi connectivity index (χ1v) is 10.6. The van der Waals surface area contributed by atoms with Crippen molar-refractivity contribution >= 4 is 45.1 Å². The first-order valence-electron chi connectivity index (χ1n) is 10.2. The molecule has 1 heterocycles. The largest absolute Gasteiger partial charge is 0.867 e. The van der Waals surface area contributed by atoms with Crippen LogP contribution in [0.15, 0.2) is 91.3 Å². The summed E-state index contributed by atoms with van der Waals surface area (Å²) in [5, 5.41) is 18.7. The Morgan fingerprint density at radius 2 is 1.70 bits per heavy atom. The number of thiocarbonyl (C=S) groups is 1. The van der Waals surface area contributed by atoms with E-state index in [2.05, 4.69) is 10.1 Å². The van der Waals surface area contributed by atoms with Gasteiger partial charge in [-0.05, 0) is 47.9 Å². The van der Waals surface area contributed by atoms with E-state index in [-0.39, 0.29) is 22.2 Å². The van der Waals surface area contributed by atoms with Crippen molar-refractivity contribution in [2.24, 2.45) is 0 Å². The molecule has 166 valence electrons. The number of hydrogen-bond acceptors (Lipinski definition) is 3. The lowest BCUT2D eigenvalue weighted by Gasteiger charge is -2.18. The van der Waals surface area contributed by atoms with Gasteiger partial charge in [0.2, 0.25) is 5.70 Å². The van der Waals surface area contributed by atoms with Gasteiger partial charge in [0.15, 0.2) is 17.4 Å². The number of fused-ring (bicyclic) bond motifs is 1. The highest BCUT2D eigenvalue weighted by Crippen LogP contribution is 2.25. The molecule has 4 aromatic rings. The number of rotatable bonds is 6. The molecule has 33 heavy (non-hydrogen) atoms. The summed E-state index contributed by atoms with van der Waals surface area (Å²) < 4.78 is 31.0. The molecule has 4 nitrogen and oxygen atoms in total. The first-order chi connectivity index (χ1) is 15.9. The molecule has 0 atom stereocenters. The highest BCUT2D eigenvalue weighted by atomic mass is 32.1. The molecule has 1 N–H and O–H groups in total. The predicted molar refractivity (Wildman–Crippen MR) is 128 cm³/mol. The number of ether oxygens (including phenoxy) is 1. The van der Waals surface area contributed by atoms with Crippen molar-refractivity contribution in [1.82, 2.24) is 0 Å². The van der Waals surface area contributed by atoms with Gasteiger partial charge in [-0.15, -0.1) is 0 Å². The van der Waals surface area contributed by atoms with Gasteiger partial charge in [-0.3, -0.25) is 0 Å².